The summed E-state index contributed by atoms with van der Waals surface area (Å²) < 4.78 is 0. The Bertz CT molecular complexity index is 650. The first kappa shape index (κ1) is 14.7. The number of hydrogen-bond donors (Lipinski definition) is 2. The van der Waals surface area contributed by atoms with Crippen LogP contribution in [0.25, 0.3) is 0 Å². The minimum atomic E-state index is -1.22. The number of nitrogens with one attached hydrogen (secondary N) is 1. The summed E-state index contributed by atoms with van der Waals surface area (Å²) in [5.74, 6) is -3.01. The molecule has 0 spiro atoms. The van der Waals surface area contributed by atoms with Crippen LogP contribution in [0.1, 0.15) is 31.8 Å². The summed E-state index contributed by atoms with van der Waals surface area (Å²) in [6.07, 6.45) is 0. The number of aryl methyl sites for hydroxylation is 2. The van der Waals surface area contributed by atoms with E-state index in [2.05, 4.69) is 5.32 Å². The van der Waals surface area contributed by atoms with Crippen LogP contribution in [0.15, 0.2) is 12.1 Å². The number of amides is 3. The first-order chi connectivity index (χ1) is 9.81. The van der Waals surface area contributed by atoms with Gasteiger partial charge in [-0.3, -0.25) is 19.7 Å². The second kappa shape index (κ2) is 5.35. The molecule has 21 heavy (non-hydrogen) atoms. The topological polar surface area (TPSA) is 104 Å². The van der Waals surface area contributed by atoms with Crippen molar-refractivity contribution in [2.75, 3.05) is 13.1 Å². The van der Waals surface area contributed by atoms with Crippen LogP contribution < -0.4 is 5.32 Å². The molecule has 0 aliphatic carbocycles. The van der Waals surface area contributed by atoms with Gasteiger partial charge in [0, 0.05) is 0 Å². The first-order valence-electron chi connectivity index (χ1n) is 6.26. The Balaban J connectivity index is 2.48. The SMILES string of the molecule is Cc1ccc(C)c(C(=O)N2CC(=O)NC(=O)C2)c1C(=O)O. The molecule has 2 N–H and O–H groups in total. The van der Waals surface area contributed by atoms with E-state index in [-0.39, 0.29) is 24.2 Å². The summed E-state index contributed by atoms with van der Waals surface area (Å²) in [4.78, 5) is 47.7. The lowest BCUT2D eigenvalue weighted by atomic mass is 9.96. The van der Waals surface area contributed by atoms with E-state index >= 15 is 0 Å². The zero-order valence-corrected chi connectivity index (χ0v) is 11.6. The molecule has 1 fully saturated rings. The Morgan fingerprint density at radius 2 is 1.52 bits per heavy atom. The second-order valence-corrected chi connectivity index (χ2v) is 4.89. The van der Waals surface area contributed by atoms with Crippen molar-refractivity contribution in [3.05, 3.63) is 34.4 Å². The van der Waals surface area contributed by atoms with Gasteiger partial charge in [-0.15, -0.1) is 0 Å². The molecule has 7 heteroatoms. The van der Waals surface area contributed by atoms with E-state index < -0.39 is 23.7 Å². The molecule has 0 radical (unpaired) electrons. The number of carboxylic acid groups (broad SMARTS) is 1. The Hall–Kier alpha value is -2.70. The molecule has 0 atom stereocenters. The molecule has 1 aromatic rings. The molecular weight excluding hydrogens is 276 g/mol. The third-order valence-electron chi connectivity index (χ3n) is 3.28. The minimum Gasteiger partial charge on any atom is -0.478 e. The monoisotopic (exact) mass is 290 g/mol. The molecule has 0 bridgehead atoms. The van der Waals surface area contributed by atoms with Gasteiger partial charge < -0.3 is 10.0 Å². The van der Waals surface area contributed by atoms with Crippen LogP contribution in [0.4, 0.5) is 0 Å². The maximum atomic E-state index is 12.5. The molecule has 110 valence electrons. The van der Waals surface area contributed by atoms with Gasteiger partial charge in [-0.05, 0) is 25.0 Å². The zero-order chi connectivity index (χ0) is 15.7. The predicted molar refractivity (Wildman–Crippen MR) is 71.9 cm³/mol. The van der Waals surface area contributed by atoms with Crippen LogP contribution >= 0.6 is 0 Å². The van der Waals surface area contributed by atoms with Crippen LogP contribution in [0.2, 0.25) is 0 Å². The van der Waals surface area contributed by atoms with E-state index in [1.54, 1.807) is 26.0 Å². The van der Waals surface area contributed by atoms with Gasteiger partial charge in [0.2, 0.25) is 11.8 Å². The van der Waals surface area contributed by atoms with Crippen molar-refractivity contribution in [1.82, 2.24) is 10.2 Å². The van der Waals surface area contributed by atoms with Gasteiger partial charge in [0.1, 0.15) is 13.1 Å². The molecule has 7 nitrogen and oxygen atoms in total. The van der Waals surface area contributed by atoms with Crippen molar-refractivity contribution >= 4 is 23.7 Å². The van der Waals surface area contributed by atoms with Crippen LogP contribution in [0.3, 0.4) is 0 Å². The highest BCUT2D eigenvalue weighted by Gasteiger charge is 2.31. The summed E-state index contributed by atoms with van der Waals surface area (Å²) in [5.41, 5.74) is 0.856. The maximum absolute atomic E-state index is 12.5. The number of imide groups is 1. The molecule has 1 saturated heterocycles. The van der Waals surface area contributed by atoms with Gasteiger partial charge >= 0.3 is 5.97 Å². The van der Waals surface area contributed by atoms with Gasteiger partial charge in [0.15, 0.2) is 0 Å². The number of hydrogen-bond acceptors (Lipinski definition) is 4. The lowest BCUT2D eigenvalue weighted by Gasteiger charge is -2.26. The molecule has 1 heterocycles. The summed E-state index contributed by atoms with van der Waals surface area (Å²) in [7, 11) is 0. The normalized spacial score (nSPS) is 14.9. The zero-order valence-electron chi connectivity index (χ0n) is 11.6. The van der Waals surface area contributed by atoms with Crippen molar-refractivity contribution in [3.8, 4) is 0 Å². The van der Waals surface area contributed by atoms with E-state index in [1.165, 1.54) is 0 Å². The minimum absolute atomic E-state index is 0.0185. The van der Waals surface area contributed by atoms with Gasteiger partial charge in [0.05, 0.1) is 11.1 Å². The molecule has 0 unspecified atom stereocenters. The standard InChI is InChI=1S/C14H14N2O5/c1-7-3-4-8(2)12(14(20)21)11(7)13(19)16-5-9(17)15-10(18)6-16/h3-4H,5-6H2,1-2H3,(H,20,21)(H,15,17,18). The van der Waals surface area contributed by atoms with Crippen LogP contribution in [0, 0.1) is 13.8 Å². The number of aromatic carboxylic acids is 1. The summed E-state index contributed by atoms with van der Waals surface area (Å²) >= 11 is 0. The predicted octanol–water partition coefficient (Wildman–Crippen LogP) is 0.100. The molecule has 0 aromatic heterocycles. The summed E-state index contributed by atoms with van der Waals surface area (Å²) in [5, 5.41) is 11.4. The first-order valence-corrected chi connectivity index (χ1v) is 6.26. The lowest BCUT2D eigenvalue weighted by molar-refractivity contribution is -0.135. The van der Waals surface area contributed by atoms with E-state index in [0.717, 1.165) is 4.90 Å². The van der Waals surface area contributed by atoms with Crippen molar-refractivity contribution in [3.63, 3.8) is 0 Å². The second-order valence-electron chi connectivity index (χ2n) is 4.89. The summed E-state index contributed by atoms with van der Waals surface area (Å²) in [6, 6.07) is 3.25. The fraction of sp³-hybridized carbons (Fsp3) is 0.286. The molecule has 3 amide bonds. The summed E-state index contributed by atoms with van der Waals surface area (Å²) in [6.45, 7) is 2.67. The van der Waals surface area contributed by atoms with Crippen LogP contribution in [-0.2, 0) is 9.59 Å². The lowest BCUT2D eigenvalue weighted by Crippen LogP contribution is -2.53. The van der Waals surface area contributed by atoms with Gasteiger partial charge in [-0.25, -0.2) is 4.79 Å². The third kappa shape index (κ3) is 2.76. The number of benzene rings is 1. The molecule has 0 saturated carbocycles. The smallest absolute Gasteiger partial charge is 0.336 e. The van der Waals surface area contributed by atoms with E-state index in [0.29, 0.717) is 11.1 Å². The molecular formula is C14H14N2O5. The molecule has 1 aromatic carbocycles. The van der Waals surface area contributed by atoms with Crippen molar-refractivity contribution in [1.29, 1.82) is 0 Å². The third-order valence-corrected chi connectivity index (χ3v) is 3.28. The highest BCUT2D eigenvalue weighted by atomic mass is 16.4. The quantitative estimate of drug-likeness (QED) is 0.752. The van der Waals surface area contributed by atoms with Crippen molar-refractivity contribution in [2.24, 2.45) is 0 Å². The average Bonchev–Trinajstić information content (AvgIpc) is 2.38. The van der Waals surface area contributed by atoms with Gasteiger partial charge in [0.25, 0.3) is 5.91 Å². The molecule has 1 aliphatic rings. The van der Waals surface area contributed by atoms with Gasteiger partial charge in [-0.2, -0.15) is 0 Å². The number of piperazine rings is 1. The van der Waals surface area contributed by atoms with Crippen LogP contribution in [-0.4, -0.2) is 46.8 Å². The van der Waals surface area contributed by atoms with Gasteiger partial charge in [-0.1, -0.05) is 12.1 Å². The Morgan fingerprint density at radius 1 is 1.05 bits per heavy atom. The number of carbonyl (C=O) groups excluding carboxylic acids is 3. The Labute approximate surface area is 120 Å². The Kier molecular flexibility index (Phi) is 3.75. The maximum Gasteiger partial charge on any atom is 0.336 e. The van der Waals surface area contributed by atoms with Crippen LogP contribution in [0.5, 0.6) is 0 Å². The number of rotatable bonds is 2. The number of carboxylic acids is 1. The van der Waals surface area contributed by atoms with E-state index in [1.807, 2.05) is 0 Å². The van der Waals surface area contributed by atoms with E-state index in [9.17, 15) is 24.3 Å². The largest absolute Gasteiger partial charge is 0.478 e. The fourth-order valence-corrected chi connectivity index (χ4v) is 2.30. The Morgan fingerprint density at radius 3 is 2.00 bits per heavy atom. The average molecular weight is 290 g/mol. The fourth-order valence-electron chi connectivity index (χ4n) is 2.30. The van der Waals surface area contributed by atoms with E-state index in [4.69, 9.17) is 0 Å². The highest BCUT2D eigenvalue weighted by Crippen LogP contribution is 2.21. The molecule has 2 rings (SSSR count). The van der Waals surface area contributed by atoms with Crippen molar-refractivity contribution in [2.45, 2.75) is 13.8 Å². The number of nitrogens with zero attached hydrogens (tertiary/aromatic N) is 1. The number of carbonyl (C=O) groups is 4. The molecule has 1 aliphatic heterocycles. The van der Waals surface area contributed by atoms with Crippen molar-refractivity contribution < 1.29 is 24.3 Å². The highest BCUT2D eigenvalue weighted by molar-refractivity contribution is 6.10.